The predicted octanol–water partition coefficient (Wildman–Crippen LogP) is 4.72. The number of hydrogen-bond acceptors (Lipinski definition) is 8. The Balaban J connectivity index is 1.21. The van der Waals surface area contributed by atoms with E-state index >= 15 is 0 Å². The second-order valence-corrected chi connectivity index (χ2v) is 11.0. The zero-order valence-electron chi connectivity index (χ0n) is 24.6. The summed E-state index contributed by atoms with van der Waals surface area (Å²) in [4.78, 5) is 44.0. The summed E-state index contributed by atoms with van der Waals surface area (Å²) < 4.78 is 0. The van der Waals surface area contributed by atoms with Crippen molar-refractivity contribution in [1.82, 2.24) is 30.2 Å². The normalized spacial score (nSPS) is 15.2. The molecule has 1 aliphatic heterocycles. The van der Waals surface area contributed by atoms with Crippen LogP contribution in [0.2, 0.25) is 0 Å². The molecule has 1 saturated heterocycles. The van der Waals surface area contributed by atoms with Crippen molar-refractivity contribution < 1.29 is 9.59 Å². The van der Waals surface area contributed by atoms with E-state index in [1.54, 1.807) is 32.6 Å². The molecular formula is C32H38N8O2. The van der Waals surface area contributed by atoms with Crippen LogP contribution in [0.15, 0.2) is 61.2 Å². The lowest BCUT2D eigenvalue weighted by Crippen LogP contribution is -2.41. The lowest BCUT2D eigenvalue weighted by atomic mass is 9.87. The number of fused-ring (bicyclic) bond motifs is 1. The van der Waals surface area contributed by atoms with Crippen LogP contribution in [-0.2, 0) is 4.79 Å². The van der Waals surface area contributed by atoms with Crippen molar-refractivity contribution in [2.24, 2.45) is 5.92 Å². The molecule has 10 nitrogen and oxygen atoms in total. The first kappa shape index (κ1) is 28.9. The Morgan fingerprint density at radius 2 is 1.81 bits per heavy atom. The Morgan fingerprint density at radius 3 is 2.52 bits per heavy atom. The smallest absolute Gasteiger partial charge is 0.251 e. The summed E-state index contributed by atoms with van der Waals surface area (Å²) in [6.07, 6.45) is 6.91. The number of hydrogen-bond donors (Lipinski definition) is 3. The molecule has 0 bridgehead atoms. The van der Waals surface area contributed by atoms with Crippen LogP contribution in [0.25, 0.3) is 22.2 Å². The highest BCUT2D eigenvalue weighted by Gasteiger charge is 2.21. The molecule has 0 spiro atoms. The fraction of sp³-hybridized carbons (Fsp3) is 0.375. The third-order valence-electron chi connectivity index (χ3n) is 8.24. The second kappa shape index (κ2) is 12.9. The summed E-state index contributed by atoms with van der Waals surface area (Å²) in [5.41, 5.74) is 4.30. The van der Waals surface area contributed by atoms with Crippen LogP contribution in [0.4, 0.5) is 11.6 Å². The van der Waals surface area contributed by atoms with Crippen LogP contribution >= 0.6 is 0 Å². The van der Waals surface area contributed by atoms with Gasteiger partial charge in [0.1, 0.15) is 18.0 Å². The van der Waals surface area contributed by atoms with Crippen molar-refractivity contribution in [3.63, 3.8) is 0 Å². The van der Waals surface area contributed by atoms with E-state index in [2.05, 4.69) is 55.8 Å². The molecule has 3 aromatic heterocycles. The number of para-hydroxylation sites is 1. The van der Waals surface area contributed by atoms with Gasteiger partial charge in [0.2, 0.25) is 5.91 Å². The first-order valence-electron chi connectivity index (χ1n) is 14.5. The minimum Gasteiger partial charge on any atom is -0.370 e. The van der Waals surface area contributed by atoms with Gasteiger partial charge >= 0.3 is 0 Å². The monoisotopic (exact) mass is 566 g/mol. The summed E-state index contributed by atoms with van der Waals surface area (Å²) in [7, 11) is 1.64. The van der Waals surface area contributed by atoms with E-state index in [0.29, 0.717) is 18.2 Å². The van der Waals surface area contributed by atoms with Gasteiger partial charge in [-0.3, -0.25) is 14.6 Å². The molecule has 1 aliphatic rings. The van der Waals surface area contributed by atoms with Gasteiger partial charge in [0.15, 0.2) is 0 Å². The van der Waals surface area contributed by atoms with Gasteiger partial charge in [-0.2, -0.15) is 0 Å². The van der Waals surface area contributed by atoms with Crippen LogP contribution in [-0.4, -0.2) is 69.4 Å². The molecule has 10 heteroatoms. The van der Waals surface area contributed by atoms with E-state index in [1.165, 1.54) is 0 Å². The van der Waals surface area contributed by atoms with E-state index in [-0.39, 0.29) is 23.7 Å². The molecule has 42 heavy (non-hydrogen) atoms. The molecule has 0 aliphatic carbocycles. The van der Waals surface area contributed by atoms with Gasteiger partial charge in [-0.05, 0) is 48.4 Å². The average Bonchev–Trinajstić information content (AvgIpc) is 3.03. The molecule has 3 N–H and O–H groups in total. The average molecular weight is 567 g/mol. The summed E-state index contributed by atoms with van der Waals surface area (Å²) in [5, 5.41) is 10.5. The Hall–Kier alpha value is -4.60. The van der Waals surface area contributed by atoms with Crippen molar-refractivity contribution in [1.29, 1.82) is 0 Å². The van der Waals surface area contributed by atoms with Gasteiger partial charge in [0.05, 0.1) is 16.8 Å². The molecule has 4 heterocycles. The van der Waals surface area contributed by atoms with Crippen LogP contribution in [0.5, 0.6) is 0 Å². The number of nitrogens with zero attached hydrogens (tertiary/aromatic N) is 5. The van der Waals surface area contributed by atoms with Gasteiger partial charge < -0.3 is 20.9 Å². The molecular weight excluding hydrogens is 528 g/mol. The molecule has 2 amide bonds. The summed E-state index contributed by atoms with van der Waals surface area (Å²) >= 11 is 0. The van der Waals surface area contributed by atoms with Gasteiger partial charge in [-0.1, -0.05) is 32.0 Å². The number of rotatable bonds is 9. The maximum atomic E-state index is 12.4. The van der Waals surface area contributed by atoms with Crippen molar-refractivity contribution in [3.8, 4) is 11.3 Å². The Labute approximate surface area is 246 Å². The standard InChI is InChI=1S/C32H38N8O2/c1-20(21(2)25-6-5-7-26-27(32(42)33-4)10-13-34-31(25)26)17-35-30-16-28(37-19-38-30)23-8-9-29(36-18-23)39-24-11-14-40(15-12-24)22(3)41/h5-10,13,16,18-21,24H,11-12,14-15,17H2,1-4H3,(H,33,42)(H,36,39)(H,35,37,38)/t20-,21?/m1/s1. The predicted molar refractivity (Wildman–Crippen MR) is 165 cm³/mol. The number of aromatic nitrogens is 4. The number of amides is 2. The third-order valence-corrected chi connectivity index (χ3v) is 8.24. The van der Waals surface area contributed by atoms with Gasteiger partial charge in [-0.15, -0.1) is 0 Å². The first-order chi connectivity index (χ1) is 20.3. The Kier molecular flexibility index (Phi) is 8.90. The quantitative estimate of drug-likeness (QED) is 0.266. The molecule has 0 radical (unpaired) electrons. The molecule has 218 valence electrons. The zero-order chi connectivity index (χ0) is 29.6. The van der Waals surface area contributed by atoms with Crippen LogP contribution in [0.1, 0.15) is 55.5 Å². The Bertz CT molecular complexity index is 1550. The first-order valence-corrected chi connectivity index (χ1v) is 14.5. The lowest BCUT2D eigenvalue weighted by Gasteiger charge is -2.31. The topological polar surface area (TPSA) is 125 Å². The number of likely N-dealkylation sites (tertiary alicyclic amines) is 1. The van der Waals surface area contributed by atoms with Gasteiger partial charge in [0, 0.05) is 69.1 Å². The highest BCUT2D eigenvalue weighted by molar-refractivity contribution is 6.06. The fourth-order valence-electron chi connectivity index (χ4n) is 5.44. The van der Waals surface area contributed by atoms with Gasteiger partial charge in [-0.25, -0.2) is 15.0 Å². The number of pyridine rings is 2. The van der Waals surface area contributed by atoms with Crippen molar-refractivity contribution in [2.75, 3.05) is 37.3 Å². The maximum Gasteiger partial charge on any atom is 0.251 e. The molecule has 1 aromatic carbocycles. The van der Waals surface area contributed by atoms with Crippen LogP contribution in [0, 0.1) is 5.92 Å². The summed E-state index contributed by atoms with van der Waals surface area (Å²) in [5.74, 6) is 2.03. The Morgan fingerprint density at radius 1 is 1.00 bits per heavy atom. The van der Waals surface area contributed by atoms with Gasteiger partial charge in [0.25, 0.3) is 5.91 Å². The van der Waals surface area contributed by atoms with Crippen molar-refractivity contribution >= 4 is 34.4 Å². The lowest BCUT2D eigenvalue weighted by molar-refractivity contribution is -0.129. The minimum absolute atomic E-state index is 0.117. The van der Waals surface area contributed by atoms with Crippen LogP contribution < -0.4 is 16.0 Å². The number of piperidine rings is 1. The number of benzene rings is 1. The second-order valence-electron chi connectivity index (χ2n) is 11.0. The van der Waals surface area contributed by atoms with Crippen molar-refractivity contribution in [3.05, 3.63) is 72.3 Å². The SMILES string of the molecule is CNC(=O)c1ccnc2c(C(C)[C@H](C)CNc3cc(-c4ccc(NC5CCN(C(C)=O)CC5)nc4)ncn3)cccc12. The molecule has 4 aromatic rings. The highest BCUT2D eigenvalue weighted by atomic mass is 16.2. The number of carbonyl (C=O) groups is 2. The third kappa shape index (κ3) is 6.48. The molecule has 0 saturated carbocycles. The van der Waals surface area contributed by atoms with E-state index < -0.39 is 0 Å². The molecule has 2 atom stereocenters. The number of nitrogens with one attached hydrogen (secondary N) is 3. The van der Waals surface area contributed by atoms with E-state index in [0.717, 1.165) is 65.3 Å². The van der Waals surface area contributed by atoms with E-state index in [9.17, 15) is 9.59 Å². The zero-order valence-corrected chi connectivity index (χ0v) is 24.6. The summed E-state index contributed by atoms with van der Waals surface area (Å²) in [6, 6.07) is 14.0. The number of anilines is 2. The van der Waals surface area contributed by atoms with Crippen molar-refractivity contribution in [2.45, 2.75) is 45.6 Å². The summed E-state index contributed by atoms with van der Waals surface area (Å²) in [6.45, 7) is 8.26. The minimum atomic E-state index is -0.117. The molecule has 1 unspecified atom stereocenters. The van der Waals surface area contributed by atoms with E-state index in [1.807, 2.05) is 41.4 Å². The largest absolute Gasteiger partial charge is 0.370 e. The number of carbonyl (C=O) groups excluding carboxylic acids is 2. The van der Waals surface area contributed by atoms with Crippen LogP contribution in [0.3, 0.4) is 0 Å². The molecule has 1 fully saturated rings. The fourth-order valence-corrected chi connectivity index (χ4v) is 5.44. The highest BCUT2D eigenvalue weighted by Crippen LogP contribution is 2.31. The molecule has 5 rings (SSSR count). The van der Waals surface area contributed by atoms with E-state index in [4.69, 9.17) is 0 Å². The maximum absolute atomic E-state index is 12.4.